The van der Waals surface area contributed by atoms with Gasteiger partial charge in [0.15, 0.2) is 0 Å². The second-order valence-corrected chi connectivity index (χ2v) is 4.57. The third-order valence-corrected chi connectivity index (χ3v) is 2.88. The van der Waals surface area contributed by atoms with Crippen molar-refractivity contribution in [2.45, 2.75) is 23.7 Å². The van der Waals surface area contributed by atoms with Crippen molar-refractivity contribution in [2.75, 3.05) is 6.61 Å². The summed E-state index contributed by atoms with van der Waals surface area (Å²) in [5.74, 6) is 0. The van der Waals surface area contributed by atoms with Gasteiger partial charge < -0.3 is 5.11 Å². The van der Waals surface area contributed by atoms with Crippen LogP contribution in [0, 0.1) is 0 Å². The maximum Gasteiger partial charge on any atom is 0.446 e. The summed E-state index contributed by atoms with van der Waals surface area (Å²) in [6, 6.07) is 6.07. The second-order valence-electron chi connectivity index (χ2n) is 3.43. The summed E-state index contributed by atoms with van der Waals surface area (Å²) >= 11 is -0.130. The lowest BCUT2D eigenvalue weighted by Crippen LogP contribution is -1.98. The molecule has 0 radical (unpaired) electrons. The van der Waals surface area contributed by atoms with E-state index in [0.717, 1.165) is 17.6 Å². The van der Waals surface area contributed by atoms with Crippen molar-refractivity contribution >= 4 is 17.8 Å². The van der Waals surface area contributed by atoms with Crippen molar-refractivity contribution in [3.63, 3.8) is 0 Å². The van der Waals surface area contributed by atoms with Crippen LogP contribution >= 0.6 is 11.8 Å². The largest absolute Gasteiger partial charge is 0.446 e. The molecule has 1 nitrogen and oxygen atoms in total. The first kappa shape index (κ1) is 14.1. The molecule has 0 saturated heterocycles. The average Bonchev–Trinajstić information content (AvgIpc) is 2.26. The molecule has 0 bridgehead atoms. The molecule has 0 aromatic heterocycles. The minimum atomic E-state index is -4.25. The fourth-order valence-electron chi connectivity index (χ4n) is 1.26. The van der Waals surface area contributed by atoms with Crippen LogP contribution in [0.1, 0.15) is 18.9 Å². The van der Waals surface area contributed by atoms with Gasteiger partial charge >= 0.3 is 5.51 Å². The van der Waals surface area contributed by atoms with E-state index in [1.54, 1.807) is 18.2 Å². The van der Waals surface area contributed by atoms with Crippen LogP contribution in [-0.4, -0.2) is 17.2 Å². The van der Waals surface area contributed by atoms with E-state index in [1.165, 1.54) is 12.1 Å². The summed E-state index contributed by atoms with van der Waals surface area (Å²) in [5, 5.41) is 8.97. The van der Waals surface area contributed by atoms with Gasteiger partial charge in [-0.1, -0.05) is 25.1 Å². The van der Waals surface area contributed by atoms with Gasteiger partial charge in [-0.05, 0) is 41.5 Å². The molecule has 0 spiro atoms. The van der Waals surface area contributed by atoms with Crippen LogP contribution in [0.3, 0.4) is 0 Å². The number of hydrogen-bond acceptors (Lipinski definition) is 2. The van der Waals surface area contributed by atoms with E-state index in [9.17, 15) is 13.2 Å². The Morgan fingerprint density at radius 3 is 2.29 bits per heavy atom. The number of aliphatic hydroxyl groups is 1. The Balaban J connectivity index is 2.78. The van der Waals surface area contributed by atoms with Crippen molar-refractivity contribution in [3.05, 3.63) is 35.4 Å². The van der Waals surface area contributed by atoms with E-state index in [2.05, 4.69) is 0 Å². The van der Waals surface area contributed by atoms with E-state index < -0.39 is 5.51 Å². The van der Waals surface area contributed by atoms with E-state index >= 15 is 0 Å². The predicted molar refractivity (Wildman–Crippen MR) is 63.7 cm³/mol. The Kier molecular flexibility index (Phi) is 5.08. The SMILES string of the molecule is CCC(=Cc1ccc(SC(F)(F)F)cc1)CO. The molecule has 0 aliphatic carbocycles. The first-order valence-electron chi connectivity index (χ1n) is 5.10. The van der Waals surface area contributed by atoms with Crippen LogP contribution in [0.25, 0.3) is 6.08 Å². The Morgan fingerprint density at radius 1 is 1.29 bits per heavy atom. The summed E-state index contributed by atoms with van der Waals surface area (Å²) in [6.45, 7) is 1.88. The smallest absolute Gasteiger partial charge is 0.392 e. The van der Waals surface area contributed by atoms with Gasteiger partial charge in [-0.25, -0.2) is 0 Å². The third kappa shape index (κ3) is 5.28. The number of hydrogen-bond donors (Lipinski definition) is 1. The lowest BCUT2D eigenvalue weighted by molar-refractivity contribution is -0.0328. The number of alkyl halides is 3. The van der Waals surface area contributed by atoms with Crippen LogP contribution < -0.4 is 0 Å². The maximum absolute atomic E-state index is 12.1. The number of rotatable bonds is 4. The van der Waals surface area contributed by atoms with E-state index in [4.69, 9.17) is 5.11 Å². The van der Waals surface area contributed by atoms with Gasteiger partial charge in [0.25, 0.3) is 0 Å². The van der Waals surface area contributed by atoms with Gasteiger partial charge in [-0.15, -0.1) is 0 Å². The molecule has 1 aromatic rings. The monoisotopic (exact) mass is 262 g/mol. The van der Waals surface area contributed by atoms with Crippen LogP contribution in [0.15, 0.2) is 34.7 Å². The number of aliphatic hydroxyl groups excluding tert-OH is 1. The molecule has 17 heavy (non-hydrogen) atoms. The lowest BCUT2D eigenvalue weighted by Gasteiger charge is -2.06. The zero-order valence-corrected chi connectivity index (χ0v) is 10.1. The highest BCUT2D eigenvalue weighted by Gasteiger charge is 2.28. The molecule has 94 valence electrons. The molecular formula is C12H13F3OS. The second kappa shape index (κ2) is 6.12. The molecular weight excluding hydrogens is 249 g/mol. The molecule has 0 aliphatic rings. The Hall–Kier alpha value is -0.940. The summed E-state index contributed by atoms with van der Waals surface area (Å²) in [4.78, 5) is 0.164. The summed E-state index contributed by atoms with van der Waals surface area (Å²) in [6.07, 6.45) is 2.50. The average molecular weight is 262 g/mol. The zero-order valence-electron chi connectivity index (χ0n) is 9.29. The number of thioether (sulfide) groups is 1. The van der Waals surface area contributed by atoms with Crippen molar-refractivity contribution < 1.29 is 18.3 Å². The first-order valence-corrected chi connectivity index (χ1v) is 5.92. The summed E-state index contributed by atoms with van der Waals surface area (Å²) in [5.41, 5.74) is -2.61. The first-order chi connectivity index (χ1) is 7.94. The highest BCUT2D eigenvalue weighted by molar-refractivity contribution is 8.00. The minimum Gasteiger partial charge on any atom is -0.392 e. The molecule has 0 fully saturated rings. The maximum atomic E-state index is 12.1. The van der Waals surface area contributed by atoms with Gasteiger partial charge in [0, 0.05) is 4.90 Å². The molecule has 5 heteroatoms. The molecule has 0 atom stereocenters. The van der Waals surface area contributed by atoms with Gasteiger partial charge in [-0.3, -0.25) is 0 Å². The van der Waals surface area contributed by atoms with Crippen molar-refractivity contribution in [2.24, 2.45) is 0 Å². The summed E-state index contributed by atoms with van der Waals surface area (Å²) in [7, 11) is 0. The van der Waals surface area contributed by atoms with E-state index in [0.29, 0.717) is 0 Å². The van der Waals surface area contributed by atoms with Gasteiger partial charge in [0.1, 0.15) is 0 Å². The third-order valence-electron chi connectivity index (χ3n) is 2.14. The van der Waals surface area contributed by atoms with Crippen molar-refractivity contribution in [3.8, 4) is 0 Å². The Labute approximate surface area is 102 Å². The molecule has 0 aliphatic heterocycles. The Morgan fingerprint density at radius 2 is 1.88 bits per heavy atom. The molecule has 0 amide bonds. The molecule has 0 saturated carbocycles. The molecule has 1 aromatic carbocycles. The van der Waals surface area contributed by atoms with Crippen molar-refractivity contribution in [1.29, 1.82) is 0 Å². The van der Waals surface area contributed by atoms with Crippen LogP contribution in [-0.2, 0) is 0 Å². The minimum absolute atomic E-state index is 0.0322. The fraction of sp³-hybridized carbons (Fsp3) is 0.333. The molecule has 0 heterocycles. The standard InChI is InChI=1S/C12H13F3OS/c1-2-9(8-16)7-10-3-5-11(6-4-10)17-12(13,14)15/h3-7,16H,2,8H2,1H3. The Bertz CT molecular complexity index is 376. The van der Waals surface area contributed by atoms with Crippen LogP contribution in [0.4, 0.5) is 13.2 Å². The fourth-order valence-corrected chi connectivity index (χ4v) is 1.80. The molecule has 1 N–H and O–H groups in total. The van der Waals surface area contributed by atoms with Crippen LogP contribution in [0.5, 0.6) is 0 Å². The normalized spacial score (nSPS) is 12.9. The topological polar surface area (TPSA) is 20.2 Å². The lowest BCUT2D eigenvalue weighted by atomic mass is 10.1. The highest BCUT2D eigenvalue weighted by Crippen LogP contribution is 2.36. The molecule has 0 unspecified atom stereocenters. The number of halogens is 3. The summed E-state index contributed by atoms with van der Waals surface area (Å²) < 4.78 is 36.2. The van der Waals surface area contributed by atoms with Crippen molar-refractivity contribution in [1.82, 2.24) is 0 Å². The van der Waals surface area contributed by atoms with E-state index in [1.807, 2.05) is 6.92 Å². The predicted octanol–water partition coefficient (Wildman–Crippen LogP) is 4.08. The molecule has 1 rings (SSSR count). The highest BCUT2D eigenvalue weighted by atomic mass is 32.2. The van der Waals surface area contributed by atoms with Crippen LogP contribution in [0.2, 0.25) is 0 Å². The number of benzene rings is 1. The van der Waals surface area contributed by atoms with E-state index in [-0.39, 0.29) is 23.3 Å². The van der Waals surface area contributed by atoms with Gasteiger partial charge in [-0.2, -0.15) is 13.2 Å². The van der Waals surface area contributed by atoms with Gasteiger partial charge in [0.05, 0.1) is 6.61 Å². The van der Waals surface area contributed by atoms with Gasteiger partial charge in [0.2, 0.25) is 0 Å². The zero-order chi connectivity index (χ0) is 12.9. The quantitative estimate of drug-likeness (QED) is 0.825.